The molecule has 6 nitrogen and oxygen atoms in total. The van der Waals surface area contributed by atoms with Gasteiger partial charge >= 0.3 is 17.9 Å². The largest absolute Gasteiger partial charge is 0.466 e. The van der Waals surface area contributed by atoms with Crippen LogP contribution in [0.1, 0.15) is 20.3 Å². The van der Waals surface area contributed by atoms with E-state index in [1.54, 1.807) is 6.92 Å². The molecule has 21 heavy (non-hydrogen) atoms. The van der Waals surface area contributed by atoms with Crippen molar-refractivity contribution in [2.75, 3.05) is 6.61 Å². The van der Waals surface area contributed by atoms with Gasteiger partial charge in [0.2, 0.25) is 5.60 Å². The van der Waals surface area contributed by atoms with E-state index in [4.69, 9.17) is 14.2 Å². The van der Waals surface area contributed by atoms with Crippen LogP contribution in [0.25, 0.3) is 0 Å². The average molecular weight is 294 g/mol. The lowest BCUT2D eigenvalue weighted by atomic mass is 9.71. The quantitative estimate of drug-likeness (QED) is 0.434. The Morgan fingerprint density at radius 3 is 2.86 bits per heavy atom. The van der Waals surface area contributed by atoms with Crippen LogP contribution in [-0.2, 0) is 28.6 Å². The van der Waals surface area contributed by atoms with Crippen LogP contribution in [0, 0.1) is 23.7 Å². The summed E-state index contributed by atoms with van der Waals surface area (Å²) >= 11 is 0. The van der Waals surface area contributed by atoms with Crippen molar-refractivity contribution in [2.45, 2.75) is 32.0 Å². The zero-order valence-electron chi connectivity index (χ0n) is 12.0. The van der Waals surface area contributed by atoms with Crippen molar-refractivity contribution < 1.29 is 28.6 Å². The number of esters is 3. The zero-order chi connectivity index (χ0) is 15.4. The molecule has 2 aliphatic carbocycles. The van der Waals surface area contributed by atoms with E-state index < -0.39 is 29.4 Å². The summed E-state index contributed by atoms with van der Waals surface area (Å²) in [6.07, 6.45) is 1.34. The second kappa shape index (κ2) is 4.58. The highest BCUT2D eigenvalue weighted by Gasteiger charge is 2.78. The summed E-state index contributed by atoms with van der Waals surface area (Å²) in [6, 6.07) is 0. The summed E-state index contributed by atoms with van der Waals surface area (Å²) in [5.41, 5.74) is -1.53. The molecule has 3 rings (SSSR count). The molecule has 0 aromatic rings. The van der Waals surface area contributed by atoms with Crippen LogP contribution in [0.4, 0.5) is 0 Å². The summed E-state index contributed by atoms with van der Waals surface area (Å²) < 4.78 is 15.9. The van der Waals surface area contributed by atoms with Crippen LogP contribution >= 0.6 is 0 Å². The fraction of sp³-hybridized carbons (Fsp3) is 0.667. The number of hydrogen-bond donors (Lipinski definition) is 0. The smallest absolute Gasteiger partial charge is 0.352 e. The van der Waals surface area contributed by atoms with Gasteiger partial charge in [-0.05, 0) is 25.2 Å². The molecule has 0 aromatic heterocycles. The van der Waals surface area contributed by atoms with Gasteiger partial charge in [-0.25, -0.2) is 9.59 Å². The second-order valence-corrected chi connectivity index (χ2v) is 5.88. The van der Waals surface area contributed by atoms with Crippen LogP contribution in [0.5, 0.6) is 0 Å². The first-order valence-electron chi connectivity index (χ1n) is 7.20. The maximum atomic E-state index is 12.4. The molecule has 3 aliphatic rings. The van der Waals surface area contributed by atoms with Gasteiger partial charge < -0.3 is 14.2 Å². The Kier molecular flexibility index (Phi) is 3.07. The molecule has 0 aromatic carbocycles. The Bertz CT molecular complexity index is 526. The normalized spacial score (nSPS) is 42.6. The molecule has 6 heteroatoms. The van der Waals surface area contributed by atoms with Gasteiger partial charge in [-0.15, -0.1) is 0 Å². The lowest BCUT2D eigenvalue weighted by Gasteiger charge is -2.36. The predicted molar refractivity (Wildman–Crippen MR) is 69.8 cm³/mol. The maximum Gasteiger partial charge on any atom is 0.352 e. The zero-order valence-corrected chi connectivity index (χ0v) is 12.0. The van der Waals surface area contributed by atoms with E-state index in [2.05, 4.69) is 6.58 Å². The minimum atomic E-state index is -1.53. The topological polar surface area (TPSA) is 78.9 Å². The minimum absolute atomic E-state index is 0.0615. The van der Waals surface area contributed by atoms with E-state index in [-0.39, 0.29) is 30.5 Å². The number of fused-ring (bicyclic) bond motifs is 1. The average Bonchev–Trinajstić information content (AvgIpc) is 3.00. The highest BCUT2D eigenvalue weighted by atomic mass is 16.6. The van der Waals surface area contributed by atoms with Crippen molar-refractivity contribution in [1.82, 2.24) is 0 Å². The molecule has 0 amide bonds. The lowest BCUT2D eigenvalue weighted by Crippen LogP contribution is -2.55. The second-order valence-electron chi connectivity index (χ2n) is 5.88. The van der Waals surface area contributed by atoms with Gasteiger partial charge in [-0.2, -0.15) is 0 Å². The van der Waals surface area contributed by atoms with Crippen molar-refractivity contribution in [3.05, 3.63) is 12.7 Å². The monoisotopic (exact) mass is 294 g/mol. The van der Waals surface area contributed by atoms with Crippen molar-refractivity contribution in [3.8, 4) is 0 Å². The molecule has 2 saturated carbocycles. The van der Waals surface area contributed by atoms with E-state index >= 15 is 0 Å². The lowest BCUT2D eigenvalue weighted by molar-refractivity contribution is -0.184. The molecule has 0 N–H and O–H groups in total. The summed E-state index contributed by atoms with van der Waals surface area (Å²) in [6.45, 7) is 7.22. The molecular formula is C15H18O6. The van der Waals surface area contributed by atoms with Crippen molar-refractivity contribution in [3.63, 3.8) is 0 Å². The Balaban J connectivity index is 2.04. The summed E-state index contributed by atoms with van der Waals surface area (Å²) in [7, 11) is 0. The first-order valence-corrected chi connectivity index (χ1v) is 7.20. The van der Waals surface area contributed by atoms with Gasteiger partial charge in [0, 0.05) is 12.0 Å². The van der Waals surface area contributed by atoms with Gasteiger partial charge in [-0.3, -0.25) is 4.79 Å². The van der Waals surface area contributed by atoms with E-state index in [1.807, 2.05) is 6.92 Å². The molecule has 114 valence electrons. The van der Waals surface area contributed by atoms with Gasteiger partial charge in [0.25, 0.3) is 0 Å². The molecular weight excluding hydrogens is 276 g/mol. The van der Waals surface area contributed by atoms with Gasteiger partial charge in [0.05, 0.1) is 6.61 Å². The minimum Gasteiger partial charge on any atom is -0.466 e. The van der Waals surface area contributed by atoms with Crippen LogP contribution in [0.3, 0.4) is 0 Å². The Hall–Kier alpha value is -1.85. The third kappa shape index (κ3) is 1.61. The maximum absolute atomic E-state index is 12.4. The van der Waals surface area contributed by atoms with E-state index in [0.717, 1.165) is 6.08 Å². The Morgan fingerprint density at radius 1 is 1.52 bits per heavy atom. The van der Waals surface area contributed by atoms with Gasteiger partial charge in [-0.1, -0.05) is 13.5 Å². The molecule has 1 saturated heterocycles. The number of hydrogen-bond acceptors (Lipinski definition) is 6. The first kappa shape index (κ1) is 14.1. The molecule has 2 bridgehead atoms. The fourth-order valence-corrected chi connectivity index (χ4v) is 4.31. The van der Waals surface area contributed by atoms with Gasteiger partial charge in [0.15, 0.2) is 0 Å². The predicted octanol–water partition coefficient (Wildman–Crippen LogP) is 0.845. The van der Waals surface area contributed by atoms with Crippen LogP contribution < -0.4 is 0 Å². The molecule has 1 heterocycles. The number of carbonyl (C=O) groups is 3. The summed E-state index contributed by atoms with van der Waals surface area (Å²) in [5, 5.41) is 0. The number of carbonyl (C=O) groups excluding carboxylic acids is 3. The standard InChI is InChI=1S/C15H18O6/c1-4-10(16)21-15-9-6-8(11(15)13(17)19-5-2)7(3)12(9)20-14(15)18/h4,7-9,11-12H,1,5-6H2,2-3H3. The molecule has 0 radical (unpaired) electrons. The highest BCUT2D eigenvalue weighted by molar-refractivity contribution is 5.95. The summed E-state index contributed by atoms with van der Waals surface area (Å²) in [5.74, 6) is -2.91. The van der Waals surface area contributed by atoms with Crippen LogP contribution in [0.2, 0.25) is 0 Å². The molecule has 0 spiro atoms. The van der Waals surface area contributed by atoms with Crippen LogP contribution in [-0.4, -0.2) is 36.2 Å². The molecule has 6 unspecified atom stereocenters. The van der Waals surface area contributed by atoms with Crippen LogP contribution in [0.15, 0.2) is 12.7 Å². The van der Waals surface area contributed by atoms with Gasteiger partial charge in [0.1, 0.15) is 12.0 Å². The third-order valence-corrected chi connectivity index (χ3v) is 5.10. The molecule has 6 atom stereocenters. The Morgan fingerprint density at radius 2 is 2.24 bits per heavy atom. The first-order chi connectivity index (χ1) is 9.97. The fourth-order valence-electron chi connectivity index (χ4n) is 4.31. The highest BCUT2D eigenvalue weighted by Crippen LogP contribution is 2.64. The Labute approximate surface area is 122 Å². The van der Waals surface area contributed by atoms with Crippen molar-refractivity contribution >= 4 is 17.9 Å². The molecule has 3 fully saturated rings. The van der Waals surface area contributed by atoms with E-state index in [9.17, 15) is 14.4 Å². The SMILES string of the molecule is C=CC(=O)OC12C(=O)OC3C(C)C(CC31)C2C(=O)OCC. The van der Waals surface area contributed by atoms with Crippen molar-refractivity contribution in [1.29, 1.82) is 0 Å². The molecule has 1 aliphatic heterocycles. The summed E-state index contributed by atoms with van der Waals surface area (Å²) in [4.78, 5) is 36.4. The number of ether oxygens (including phenoxy) is 3. The van der Waals surface area contributed by atoms with Crippen molar-refractivity contribution in [2.24, 2.45) is 23.7 Å². The van der Waals surface area contributed by atoms with E-state index in [0.29, 0.717) is 6.42 Å². The number of rotatable bonds is 4. The van der Waals surface area contributed by atoms with E-state index in [1.165, 1.54) is 0 Å². The third-order valence-electron chi connectivity index (χ3n) is 5.10.